The van der Waals surface area contributed by atoms with Crippen LogP contribution in [0.15, 0.2) is 36.4 Å². The molecular formula is C16H16O3. The van der Waals surface area contributed by atoms with Crippen molar-refractivity contribution in [3.63, 3.8) is 0 Å². The quantitative estimate of drug-likeness (QED) is 0.885. The zero-order valence-corrected chi connectivity index (χ0v) is 11.0. The van der Waals surface area contributed by atoms with E-state index in [9.17, 15) is 9.90 Å². The van der Waals surface area contributed by atoms with Crippen molar-refractivity contribution in [3.8, 4) is 5.75 Å². The third-order valence-corrected chi connectivity index (χ3v) is 3.19. The van der Waals surface area contributed by atoms with Gasteiger partial charge in [-0.1, -0.05) is 30.3 Å². The zero-order chi connectivity index (χ0) is 14.0. The molecule has 0 saturated carbocycles. The van der Waals surface area contributed by atoms with Gasteiger partial charge in [-0.05, 0) is 48.6 Å². The van der Waals surface area contributed by atoms with Crippen LogP contribution in [0.2, 0.25) is 0 Å². The molecule has 0 aliphatic carbocycles. The molecule has 0 aliphatic heterocycles. The fraction of sp³-hybridized carbons (Fsp3) is 0.188. The Bertz CT molecular complexity index is 607. The summed E-state index contributed by atoms with van der Waals surface area (Å²) < 4.78 is 0. The summed E-state index contributed by atoms with van der Waals surface area (Å²) in [5, 5.41) is 18.9. The largest absolute Gasteiger partial charge is 0.507 e. The van der Waals surface area contributed by atoms with Crippen LogP contribution in [0.5, 0.6) is 5.75 Å². The lowest BCUT2D eigenvalue weighted by Gasteiger charge is -2.10. The first-order chi connectivity index (χ1) is 8.99. The maximum Gasteiger partial charge on any atom is 0.335 e. The highest BCUT2D eigenvalue weighted by molar-refractivity contribution is 5.89. The average molecular weight is 256 g/mol. The smallest absolute Gasteiger partial charge is 0.335 e. The van der Waals surface area contributed by atoms with Gasteiger partial charge in [0.2, 0.25) is 0 Å². The van der Waals surface area contributed by atoms with Crippen molar-refractivity contribution in [2.24, 2.45) is 0 Å². The number of aromatic carboxylic acids is 1. The third kappa shape index (κ3) is 2.76. The van der Waals surface area contributed by atoms with Gasteiger partial charge in [0.15, 0.2) is 0 Å². The van der Waals surface area contributed by atoms with Crippen molar-refractivity contribution in [2.45, 2.75) is 20.3 Å². The second-order valence-corrected chi connectivity index (χ2v) is 4.72. The Hall–Kier alpha value is -2.29. The van der Waals surface area contributed by atoms with Gasteiger partial charge in [0, 0.05) is 0 Å². The van der Waals surface area contributed by atoms with E-state index in [4.69, 9.17) is 5.11 Å². The van der Waals surface area contributed by atoms with Crippen molar-refractivity contribution in [2.75, 3.05) is 0 Å². The summed E-state index contributed by atoms with van der Waals surface area (Å²) in [5.41, 5.74) is 3.72. The summed E-state index contributed by atoms with van der Waals surface area (Å²) >= 11 is 0. The number of carboxylic acids is 1. The highest BCUT2D eigenvalue weighted by Gasteiger charge is 2.10. The lowest BCUT2D eigenvalue weighted by molar-refractivity contribution is 0.0696. The molecule has 3 heteroatoms. The monoisotopic (exact) mass is 256 g/mol. The number of rotatable bonds is 3. The van der Waals surface area contributed by atoms with Crippen LogP contribution in [0.25, 0.3) is 0 Å². The van der Waals surface area contributed by atoms with Crippen LogP contribution in [-0.2, 0) is 6.42 Å². The molecule has 2 aromatic rings. The standard InChI is InChI=1S/C16H16O3/c1-10-7-12(8-11(2)15(10)17)9-13-5-3-4-6-14(13)16(18)19/h3-8,17H,9H2,1-2H3,(H,18,19). The Morgan fingerprint density at radius 2 is 1.68 bits per heavy atom. The molecule has 0 fully saturated rings. The molecule has 0 amide bonds. The molecule has 2 N–H and O–H groups in total. The predicted octanol–water partition coefficient (Wildman–Crippen LogP) is 3.30. The molecule has 0 aliphatic rings. The second kappa shape index (κ2) is 5.14. The SMILES string of the molecule is Cc1cc(Cc2ccccc2C(=O)O)cc(C)c1O. The number of carboxylic acid groups (broad SMARTS) is 1. The van der Waals surface area contributed by atoms with E-state index in [1.54, 1.807) is 12.1 Å². The van der Waals surface area contributed by atoms with Gasteiger partial charge in [-0.3, -0.25) is 0 Å². The normalized spacial score (nSPS) is 10.4. The van der Waals surface area contributed by atoms with Crippen molar-refractivity contribution in [1.82, 2.24) is 0 Å². The van der Waals surface area contributed by atoms with E-state index in [0.717, 1.165) is 22.3 Å². The van der Waals surface area contributed by atoms with E-state index in [2.05, 4.69) is 0 Å². The van der Waals surface area contributed by atoms with Crippen LogP contribution in [0.1, 0.15) is 32.6 Å². The fourth-order valence-electron chi connectivity index (χ4n) is 2.25. The number of phenolic OH excluding ortho intramolecular Hbond substituents is 1. The fourth-order valence-corrected chi connectivity index (χ4v) is 2.25. The Morgan fingerprint density at radius 3 is 2.26 bits per heavy atom. The molecule has 0 bridgehead atoms. The van der Waals surface area contributed by atoms with Crippen molar-refractivity contribution >= 4 is 5.97 Å². The van der Waals surface area contributed by atoms with Crippen LogP contribution in [0.3, 0.4) is 0 Å². The topological polar surface area (TPSA) is 57.5 Å². The van der Waals surface area contributed by atoms with Gasteiger partial charge in [0.1, 0.15) is 5.75 Å². The van der Waals surface area contributed by atoms with Gasteiger partial charge in [-0.2, -0.15) is 0 Å². The number of aryl methyl sites for hydroxylation is 2. The molecule has 3 nitrogen and oxygen atoms in total. The number of aromatic hydroxyl groups is 1. The van der Waals surface area contributed by atoms with Gasteiger partial charge >= 0.3 is 5.97 Å². The Kier molecular flexibility index (Phi) is 3.56. The minimum Gasteiger partial charge on any atom is -0.507 e. The first-order valence-electron chi connectivity index (χ1n) is 6.09. The van der Waals surface area contributed by atoms with E-state index in [0.29, 0.717) is 17.7 Å². The summed E-state index contributed by atoms with van der Waals surface area (Å²) in [6.07, 6.45) is 0.546. The Balaban J connectivity index is 2.39. The molecule has 0 spiro atoms. The maximum absolute atomic E-state index is 11.2. The first kappa shape index (κ1) is 13.1. The number of phenols is 1. The Morgan fingerprint density at radius 1 is 1.11 bits per heavy atom. The van der Waals surface area contributed by atoms with E-state index >= 15 is 0 Å². The van der Waals surface area contributed by atoms with Crippen molar-refractivity contribution < 1.29 is 15.0 Å². The molecule has 2 rings (SSSR count). The van der Waals surface area contributed by atoms with E-state index < -0.39 is 5.97 Å². The molecule has 19 heavy (non-hydrogen) atoms. The van der Waals surface area contributed by atoms with Gasteiger partial charge < -0.3 is 10.2 Å². The van der Waals surface area contributed by atoms with Crippen LogP contribution in [-0.4, -0.2) is 16.2 Å². The number of hydrogen-bond donors (Lipinski definition) is 2. The summed E-state index contributed by atoms with van der Waals surface area (Å²) in [4.78, 5) is 11.2. The lowest BCUT2D eigenvalue weighted by atomic mass is 9.97. The van der Waals surface area contributed by atoms with Crippen LogP contribution >= 0.6 is 0 Å². The van der Waals surface area contributed by atoms with Gasteiger partial charge in [-0.25, -0.2) is 4.79 Å². The summed E-state index contributed by atoms with van der Waals surface area (Å²) in [7, 11) is 0. The molecule has 0 unspecified atom stereocenters. The maximum atomic E-state index is 11.2. The summed E-state index contributed by atoms with van der Waals surface area (Å²) in [6, 6.07) is 10.8. The summed E-state index contributed by atoms with van der Waals surface area (Å²) in [6.45, 7) is 3.68. The second-order valence-electron chi connectivity index (χ2n) is 4.72. The average Bonchev–Trinajstić information content (AvgIpc) is 2.36. The van der Waals surface area contributed by atoms with Gasteiger partial charge in [-0.15, -0.1) is 0 Å². The molecule has 0 atom stereocenters. The Labute approximate surface area is 112 Å². The number of hydrogen-bond acceptors (Lipinski definition) is 2. The lowest BCUT2D eigenvalue weighted by Crippen LogP contribution is -2.03. The van der Waals surface area contributed by atoms with Gasteiger partial charge in [0.25, 0.3) is 0 Å². The first-order valence-corrected chi connectivity index (χ1v) is 6.09. The third-order valence-electron chi connectivity index (χ3n) is 3.19. The van der Waals surface area contributed by atoms with Crippen molar-refractivity contribution in [1.29, 1.82) is 0 Å². The number of carbonyl (C=O) groups is 1. The zero-order valence-electron chi connectivity index (χ0n) is 11.0. The number of benzene rings is 2. The van der Waals surface area contributed by atoms with Gasteiger partial charge in [0.05, 0.1) is 5.56 Å². The predicted molar refractivity (Wildman–Crippen MR) is 73.8 cm³/mol. The van der Waals surface area contributed by atoms with Crippen LogP contribution < -0.4 is 0 Å². The summed E-state index contributed by atoms with van der Waals surface area (Å²) in [5.74, 6) is -0.613. The van der Waals surface area contributed by atoms with Crippen LogP contribution in [0, 0.1) is 13.8 Å². The van der Waals surface area contributed by atoms with Crippen molar-refractivity contribution in [3.05, 3.63) is 64.2 Å². The molecule has 0 aromatic heterocycles. The van der Waals surface area contributed by atoms with E-state index in [-0.39, 0.29) is 0 Å². The minimum atomic E-state index is -0.914. The molecule has 0 radical (unpaired) electrons. The van der Waals surface area contributed by atoms with E-state index in [1.807, 2.05) is 38.1 Å². The molecular weight excluding hydrogens is 240 g/mol. The molecule has 98 valence electrons. The highest BCUT2D eigenvalue weighted by Crippen LogP contribution is 2.25. The molecule has 2 aromatic carbocycles. The highest BCUT2D eigenvalue weighted by atomic mass is 16.4. The molecule has 0 heterocycles. The van der Waals surface area contributed by atoms with Crippen LogP contribution in [0.4, 0.5) is 0 Å². The van der Waals surface area contributed by atoms with E-state index in [1.165, 1.54) is 0 Å². The molecule has 0 saturated heterocycles. The minimum absolute atomic E-state index is 0.301.